The van der Waals surface area contributed by atoms with Crippen LogP contribution in [-0.4, -0.2) is 35.2 Å². The molecular formula is C23H21N3O4S. The zero-order valence-corrected chi connectivity index (χ0v) is 17.9. The number of fused-ring (bicyclic) bond motifs is 1. The second-order valence-electron chi connectivity index (χ2n) is 6.88. The first-order chi connectivity index (χ1) is 15.1. The Hall–Kier alpha value is -3.65. The maximum absolute atomic E-state index is 13.6. The van der Waals surface area contributed by atoms with Crippen molar-refractivity contribution >= 4 is 28.0 Å². The number of hydrogen-bond acceptors (Lipinski definition) is 6. The molecule has 0 saturated heterocycles. The quantitative estimate of drug-likeness (QED) is 0.477. The van der Waals surface area contributed by atoms with E-state index in [0.29, 0.717) is 35.4 Å². The van der Waals surface area contributed by atoms with Gasteiger partial charge in [-0.15, -0.1) is 11.3 Å². The SMILES string of the molecule is COc1ccc(CN(Cc2cccs2)C(=O)c2n[nH]c(=O)c3ccccc23)cc1OC. The average Bonchev–Trinajstić information content (AvgIpc) is 3.32. The highest BCUT2D eigenvalue weighted by Crippen LogP contribution is 2.29. The minimum absolute atomic E-state index is 0.215. The minimum atomic E-state index is -0.322. The third kappa shape index (κ3) is 4.29. The Bertz CT molecular complexity index is 1270. The van der Waals surface area contributed by atoms with Crippen LogP contribution in [0.4, 0.5) is 0 Å². The lowest BCUT2D eigenvalue weighted by molar-refractivity contribution is 0.0726. The predicted molar refractivity (Wildman–Crippen MR) is 120 cm³/mol. The molecule has 0 aliphatic rings. The summed E-state index contributed by atoms with van der Waals surface area (Å²) < 4.78 is 10.7. The molecule has 0 spiro atoms. The van der Waals surface area contributed by atoms with Crippen molar-refractivity contribution in [2.45, 2.75) is 13.1 Å². The molecular weight excluding hydrogens is 414 g/mol. The molecule has 0 atom stereocenters. The lowest BCUT2D eigenvalue weighted by atomic mass is 10.1. The van der Waals surface area contributed by atoms with Crippen molar-refractivity contribution in [2.75, 3.05) is 14.2 Å². The van der Waals surface area contributed by atoms with Crippen molar-refractivity contribution in [3.63, 3.8) is 0 Å². The van der Waals surface area contributed by atoms with E-state index in [4.69, 9.17) is 9.47 Å². The van der Waals surface area contributed by atoms with Gasteiger partial charge in [0.1, 0.15) is 0 Å². The molecule has 1 N–H and O–H groups in total. The Labute approximate surface area is 182 Å². The summed E-state index contributed by atoms with van der Waals surface area (Å²) >= 11 is 1.58. The average molecular weight is 436 g/mol. The standard InChI is InChI=1S/C23H21N3O4S/c1-29-19-10-9-15(12-20(19)30-2)13-26(14-16-6-5-11-31-16)23(28)21-17-7-3-4-8-18(17)22(27)25-24-21/h3-12H,13-14H2,1-2H3,(H,25,27). The summed E-state index contributed by atoms with van der Waals surface area (Å²) in [6.45, 7) is 0.756. The van der Waals surface area contributed by atoms with Gasteiger partial charge in [-0.3, -0.25) is 9.59 Å². The fraction of sp³-hybridized carbons (Fsp3) is 0.174. The first kappa shape index (κ1) is 20.6. The van der Waals surface area contributed by atoms with Gasteiger partial charge in [0.25, 0.3) is 11.5 Å². The van der Waals surface area contributed by atoms with Crippen LogP contribution in [0.25, 0.3) is 10.8 Å². The first-order valence-corrected chi connectivity index (χ1v) is 10.5. The van der Waals surface area contributed by atoms with Crippen LogP contribution in [0.3, 0.4) is 0 Å². The smallest absolute Gasteiger partial charge is 0.275 e. The van der Waals surface area contributed by atoms with E-state index in [1.54, 1.807) is 54.7 Å². The predicted octanol–water partition coefficient (Wildman–Crippen LogP) is 3.84. The van der Waals surface area contributed by atoms with Gasteiger partial charge in [-0.2, -0.15) is 5.10 Å². The summed E-state index contributed by atoms with van der Waals surface area (Å²) in [4.78, 5) is 28.5. The minimum Gasteiger partial charge on any atom is -0.493 e. The van der Waals surface area contributed by atoms with Gasteiger partial charge in [0.15, 0.2) is 17.2 Å². The number of benzene rings is 2. The fourth-order valence-electron chi connectivity index (χ4n) is 3.42. The van der Waals surface area contributed by atoms with Crippen molar-refractivity contribution in [1.29, 1.82) is 0 Å². The lowest BCUT2D eigenvalue weighted by Crippen LogP contribution is -2.31. The lowest BCUT2D eigenvalue weighted by Gasteiger charge is -2.23. The number of aromatic nitrogens is 2. The zero-order valence-electron chi connectivity index (χ0n) is 17.1. The van der Waals surface area contributed by atoms with Crippen LogP contribution in [0.15, 0.2) is 64.8 Å². The third-order valence-corrected chi connectivity index (χ3v) is 5.80. The van der Waals surface area contributed by atoms with E-state index in [2.05, 4.69) is 10.2 Å². The summed E-state index contributed by atoms with van der Waals surface area (Å²) in [6, 6.07) is 16.5. The van der Waals surface area contributed by atoms with Crippen molar-refractivity contribution in [1.82, 2.24) is 15.1 Å². The number of amides is 1. The highest BCUT2D eigenvalue weighted by Gasteiger charge is 2.22. The first-order valence-electron chi connectivity index (χ1n) is 9.60. The Morgan fingerprint density at radius 1 is 1.00 bits per heavy atom. The highest BCUT2D eigenvalue weighted by molar-refractivity contribution is 7.09. The molecule has 2 aromatic carbocycles. The molecule has 0 unspecified atom stereocenters. The molecule has 0 aliphatic heterocycles. The van der Waals surface area contributed by atoms with E-state index in [-0.39, 0.29) is 17.2 Å². The fourth-order valence-corrected chi connectivity index (χ4v) is 4.14. The molecule has 31 heavy (non-hydrogen) atoms. The van der Waals surface area contributed by atoms with Crippen LogP contribution in [0.1, 0.15) is 20.9 Å². The van der Waals surface area contributed by atoms with Gasteiger partial charge in [0, 0.05) is 16.8 Å². The van der Waals surface area contributed by atoms with Crippen LogP contribution in [0, 0.1) is 0 Å². The largest absolute Gasteiger partial charge is 0.493 e. The van der Waals surface area contributed by atoms with Crippen molar-refractivity contribution in [3.8, 4) is 11.5 Å². The van der Waals surface area contributed by atoms with Gasteiger partial charge in [-0.1, -0.05) is 30.3 Å². The maximum Gasteiger partial charge on any atom is 0.275 e. The molecule has 4 aromatic rings. The Balaban J connectivity index is 1.73. The number of aromatic amines is 1. The van der Waals surface area contributed by atoms with Gasteiger partial charge in [0.2, 0.25) is 0 Å². The molecule has 0 bridgehead atoms. The van der Waals surface area contributed by atoms with Crippen LogP contribution in [-0.2, 0) is 13.1 Å². The van der Waals surface area contributed by atoms with E-state index in [1.807, 2.05) is 35.7 Å². The molecule has 0 fully saturated rings. The second kappa shape index (κ2) is 9.01. The van der Waals surface area contributed by atoms with Crippen LogP contribution >= 0.6 is 11.3 Å². The summed E-state index contributed by atoms with van der Waals surface area (Å²) in [5.74, 6) is 0.947. The number of rotatable bonds is 7. The molecule has 158 valence electrons. The van der Waals surface area contributed by atoms with E-state index >= 15 is 0 Å². The van der Waals surface area contributed by atoms with Crippen molar-refractivity contribution in [2.24, 2.45) is 0 Å². The normalized spacial score (nSPS) is 10.8. The zero-order chi connectivity index (χ0) is 21.8. The van der Waals surface area contributed by atoms with Crippen molar-refractivity contribution in [3.05, 3.63) is 86.5 Å². The Morgan fingerprint density at radius 2 is 1.77 bits per heavy atom. The summed E-state index contributed by atoms with van der Waals surface area (Å²) in [5.41, 5.74) is 0.778. The molecule has 0 saturated carbocycles. The number of carbonyl (C=O) groups is 1. The molecule has 8 heteroatoms. The van der Waals surface area contributed by atoms with Gasteiger partial charge >= 0.3 is 0 Å². The second-order valence-corrected chi connectivity index (χ2v) is 7.91. The number of ether oxygens (including phenoxy) is 2. The number of H-pyrrole nitrogens is 1. The molecule has 0 radical (unpaired) electrons. The summed E-state index contributed by atoms with van der Waals surface area (Å²) in [5, 5.41) is 9.47. The number of methoxy groups -OCH3 is 2. The Morgan fingerprint density at radius 3 is 2.48 bits per heavy atom. The Kier molecular flexibility index (Phi) is 5.99. The maximum atomic E-state index is 13.6. The molecule has 7 nitrogen and oxygen atoms in total. The van der Waals surface area contributed by atoms with E-state index in [0.717, 1.165) is 10.4 Å². The number of hydrogen-bond donors (Lipinski definition) is 1. The molecule has 0 aliphatic carbocycles. The molecule has 4 rings (SSSR count). The molecule has 1 amide bonds. The van der Waals surface area contributed by atoms with Crippen LogP contribution in [0.5, 0.6) is 11.5 Å². The van der Waals surface area contributed by atoms with Gasteiger partial charge in [0.05, 0.1) is 26.2 Å². The number of thiophene rings is 1. The van der Waals surface area contributed by atoms with Gasteiger partial charge < -0.3 is 14.4 Å². The van der Waals surface area contributed by atoms with Crippen LogP contribution in [0.2, 0.25) is 0 Å². The molecule has 2 aromatic heterocycles. The van der Waals surface area contributed by atoms with E-state index in [9.17, 15) is 9.59 Å². The van der Waals surface area contributed by atoms with Crippen molar-refractivity contribution < 1.29 is 14.3 Å². The summed E-state index contributed by atoms with van der Waals surface area (Å²) in [6.07, 6.45) is 0. The van der Waals surface area contributed by atoms with E-state index < -0.39 is 0 Å². The van der Waals surface area contributed by atoms with Gasteiger partial charge in [-0.25, -0.2) is 5.10 Å². The third-order valence-electron chi connectivity index (χ3n) is 4.93. The summed E-state index contributed by atoms with van der Waals surface area (Å²) in [7, 11) is 3.16. The topological polar surface area (TPSA) is 84.5 Å². The number of nitrogens with one attached hydrogen (secondary N) is 1. The molecule has 2 heterocycles. The van der Waals surface area contributed by atoms with Crippen LogP contribution < -0.4 is 15.0 Å². The highest BCUT2D eigenvalue weighted by atomic mass is 32.1. The monoisotopic (exact) mass is 435 g/mol. The van der Waals surface area contributed by atoms with Gasteiger partial charge in [-0.05, 0) is 35.2 Å². The number of carbonyl (C=O) groups excluding carboxylic acids is 1. The van der Waals surface area contributed by atoms with E-state index in [1.165, 1.54) is 0 Å². The number of nitrogens with zero attached hydrogens (tertiary/aromatic N) is 2.